The number of aromatic nitrogens is 1. The van der Waals surface area contributed by atoms with Gasteiger partial charge in [0.25, 0.3) is 0 Å². The van der Waals surface area contributed by atoms with Crippen LogP contribution < -0.4 is 4.74 Å². The van der Waals surface area contributed by atoms with E-state index in [9.17, 15) is 0 Å². The van der Waals surface area contributed by atoms with E-state index < -0.39 is 0 Å². The van der Waals surface area contributed by atoms with E-state index >= 15 is 0 Å². The molecule has 0 saturated heterocycles. The van der Waals surface area contributed by atoms with E-state index in [0.717, 1.165) is 17.1 Å². The average Bonchev–Trinajstić information content (AvgIpc) is 3.36. The van der Waals surface area contributed by atoms with Gasteiger partial charge in [-0.3, -0.25) is 0 Å². The number of hydrogen-bond donors (Lipinski definition) is 0. The van der Waals surface area contributed by atoms with Gasteiger partial charge in [0.1, 0.15) is 11.5 Å². The molecule has 8 aromatic rings. The van der Waals surface area contributed by atoms with Crippen LogP contribution in [0.2, 0.25) is 0 Å². The van der Waals surface area contributed by atoms with Gasteiger partial charge in [0.2, 0.25) is 0 Å². The van der Waals surface area contributed by atoms with Crippen molar-refractivity contribution in [2.75, 3.05) is 0 Å². The van der Waals surface area contributed by atoms with Gasteiger partial charge in [-0.1, -0.05) is 103 Å². The molecule has 0 aliphatic carbocycles. The number of nitrogens with zero attached hydrogens (tertiary/aromatic N) is 1. The second-order valence-corrected chi connectivity index (χ2v) is 10.5. The molecular formula is C38H23NO. The molecule has 1 aromatic heterocycles. The summed E-state index contributed by atoms with van der Waals surface area (Å²) in [5.41, 5.74) is 8.45. The molecule has 2 heteroatoms. The van der Waals surface area contributed by atoms with E-state index in [0.29, 0.717) is 0 Å². The van der Waals surface area contributed by atoms with E-state index in [-0.39, 0.29) is 0 Å². The molecule has 0 bridgehead atoms. The summed E-state index contributed by atoms with van der Waals surface area (Å²) in [6.07, 6.45) is 0. The third-order valence-corrected chi connectivity index (χ3v) is 8.40. The van der Waals surface area contributed by atoms with Crippen molar-refractivity contribution < 1.29 is 4.74 Å². The van der Waals surface area contributed by atoms with Crippen LogP contribution in [0.3, 0.4) is 0 Å². The maximum atomic E-state index is 6.38. The van der Waals surface area contributed by atoms with Crippen molar-refractivity contribution in [3.05, 3.63) is 140 Å². The minimum absolute atomic E-state index is 0.914. The van der Waals surface area contributed by atoms with Crippen LogP contribution >= 0.6 is 0 Å². The number of ether oxygens (including phenoxy) is 1. The first-order chi connectivity index (χ1) is 19.9. The summed E-state index contributed by atoms with van der Waals surface area (Å²) in [6.45, 7) is 0. The van der Waals surface area contributed by atoms with Crippen LogP contribution in [0.5, 0.6) is 11.5 Å². The van der Waals surface area contributed by atoms with Gasteiger partial charge >= 0.3 is 0 Å². The molecule has 0 spiro atoms. The summed E-state index contributed by atoms with van der Waals surface area (Å²) in [6, 6.07) is 50.0. The summed E-state index contributed by atoms with van der Waals surface area (Å²) >= 11 is 0. The Bertz CT molecular complexity index is 2290. The number of para-hydroxylation sites is 3. The molecule has 40 heavy (non-hydrogen) atoms. The monoisotopic (exact) mass is 509 g/mol. The summed E-state index contributed by atoms with van der Waals surface area (Å²) < 4.78 is 8.76. The Balaban J connectivity index is 1.36. The zero-order valence-corrected chi connectivity index (χ0v) is 21.6. The second kappa shape index (κ2) is 8.08. The van der Waals surface area contributed by atoms with Crippen LogP contribution in [0.15, 0.2) is 140 Å². The Morgan fingerprint density at radius 1 is 0.350 bits per heavy atom. The normalized spacial score (nSPS) is 12.2. The molecule has 0 N–H and O–H groups in total. The maximum absolute atomic E-state index is 6.38. The van der Waals surface area contributed by atoms with Gasteiger partial charge in [-0.2, -0.15) is 0 Å². The fourth-order valence-corrected chi connectivity index (χ4v) is 6.73. The van der Waals surface area contributed by atoms with Crippen LogP contribution in [0.1, 0.15) is 0 Å². The van der Waals surface area contributed by atoms with E-state index in [2.05, 4.69) is 132 Å². The van der Waals surface area contributed by atoms with Gasteiger partial charge in [0, 0.05) is 27.4 Å². The van der Waals surface area contributed by atoms with Gasteiger partial charge in [-0.05, 0) is 69.2 Å². The molecule has 0 fully saturated rings. The topological polar surface area (TPSA) is 14.2 Å². The number of rotatable bonds is 2. The van der Waals surface area contributed by atoms with Crippen LogP contribution in [0, 0.1) is 0 Å². The van der Waals surface area contributed by atoms with Gasteiger partial charge in [0.15, 0.2) is 0 Å². The minimum Gasteiger partial charge on any atom is -0.456 e. The van der Waals surface area contributed by atoms with Crippen LogP contribution in [-0.2, 0) is 0 Å². The zero-order chi connectivity index (χ0) is 26.2. The van der Waals surface area contributed by atoms with Gasteiger partial charge in [-0.25, -0.2) is 0 Å². The Morgan fingerprint density at radius 3 is 1.98 bits per heavy atom. The van der Waals surface area contributed by atoms with Gasteiger partial charge in [-0.15, -0.1) is 0 Å². The molecule has 0 unspecified atom stereocenters. The Kier molecular flexibility index (Phi) is 4.36. The molecule has 9 rings (SSSR count). The zero-order valence-electron chi connectivity index (χ0n) is 21.6. The molecule has 186 valence electrons. The lowest BCUT2D eigenvalue weighted by molar-refractivity contribution is 0.487. The van der Waals surface area contributed by atoms with E-state index in [1.165, 1.54) is 65.7 Å². The quantitative estimate of drug-likeness (QED) is 0.226. The lowest BCUT2D eigenvalue weighted by atomic mass is 9.88. The molecule has 0 amide bonds. The Labute approximate surface area is 231 Å². The maximum Gasteiger partial charge on any atom is 0.135 e. The molecular weight excluding hydrogens is 486 g/mol. The second-order valence-electron chi connectivity index (χ2n) is 10.5. The van der Waals surface area contributed by atoms with Crippen molar-refractivity contribution in [3.63, 3.8) is 0 Å². The smallest absolute Gasteiger partial charge is 0.135 e. The standard InChI is InChI=1S/C38H23NO/c1-2-10-24(11-3-1)39-33-18-6-4-13-32(33)37-29-15-8-14-25(26(29)20-22-34(37)39)27-21-23-36-38-30(27)16-9-17-31(38)28-12-5-7-19-35(28)40-36/h1-23H. The van der Waals surface area contributed by atoms with Crippen molar-refractivity contribution in [2.24, 2.45) is 0 Å². The predicted octanol–water partition coefficient (Wildman–Crippen LogP) is 10.5. The first-order valence-electron chi connectivity index (χ1n) is 13.7. The van der Waals surface area contributed by atoms with Gasteiger partial charge in [0.05, 0.1) is 11.0 Å². The van der Waals surface area contributed by atoms with Crippen LogP contribution in [0.4, 0.5) is 0 Å². The summed E-state index contributed by atoms with van der Waals surface area (Å²) in [7, 11) is 0. The first kappa shape index (κ1) is 21.6. The minimum atomic E-state index is 0.914. The molecule has 0 radical (unpaired) electrons. The van der Waals surface area contributed by atoms with Crippen molar-refractivity contribution in [1.29, 1.82) is 0 Å². The van der Waals surface area contributed by atoms with Crippen LogP contribution in [0.25, 0.3) is 71.3 Å². The molecule has 7 aromatic carbocycles. The number of benzene rings is 7. The highest BCUT2D eigenvalue weighted by Gasteiger charge is 2.22. The van der Waals surface area contributed by atoms with E-state index in [4.69, 9.17) is 4.74 Å². The Hall–Kier alpha value is -5.34. The first-order valence-corrected chi connectivity index (χ1v) is 13.7. The third-order valence-electron chi connectivity index (χ3n) is 8.40. The summed E-state index contributed by atoms with van der Waals surface area (Å²) in [5.74, 6) is 1.83. The molecule has 0 atom stereocenters. The van der Waals surface area contributed by atoms with Crippen molar-refractivity contribution in [3.8, 4) is 39.4 Å². The number of hydrogen-bond acceptors (Lipinski definition) is 1. The van der Waals surface area contributed by atoms with Crippen molar-refractivity contribution in [1.82, 2.24) is 4.57 Å². The molecule has 1 aliphatic rings. The lowest BCUT2D eigenvalue weighted by Gasteiger charge is -2.22. The largest absolute Gasteiger partial charge is 0.456 e. The van der Waals surface area contributed by atoms with Gasteiger partial charge < -0.3 is 9.30 Å². The SMILES string of the molecule is c1ccc(-n2c3ccccc3c3c4cccc(-c5ccc6c7c(cccc57)-c5ccccc5O6)c4ccc32)cc1. The fraction of sp³-hybridized carbons (Fsp3) is 0. The van der Waals surface area contributed by atoms with E-state index in [1.54, 1.807) is 0 Å². The highest BCUT2D eigenvalue weighted by molar-refractivity contribution is 6.24. The Morgan fingerprint density at radius 2 is 1.05 bits per heavy atom. The molecule has 0 saturated carbocycles. The predicted molar refractivity (Wildman–Crippen MR) is 167 cm³/mol. The van der Waals surface area contributed by atoms with Crippen LogP contribution in [-0.4, -0.2) is 4.57 Å². The lowest BCUT2D eigenvalue weighted by Crippen LogP contribution is -1.97. The average molecular weight is 510 g/mol. The van der Waals surface area contributed by atoms with Crippen molar-refractivity contribution in [2.45, 2.75) is 0 Å². The third kappa shape index (κ3) is 2.88. The summed E-state index contributed by atoms with van der Waals surface area (Å²) in [5, 5.41) is 7.47. The van der Waals surface area contributed by atoms with E-state index in [1.807, 2.05) is 12.1 Å². The van der Waals surface area contributed by atoms with Crippen molar-refractivity contribution >= 4 is 43.4 Å². The molecule has 1 aliphatic heterocycles. The highest BCUT2D eigenvalue weighted by atomic mass is 16.5. The molecule has 2 nitrogen and oxygen atoms in total. The molecule has 2 heterocycles. The highest BCUT2D eigenvalue weighted by Crippen LogP contribution is 2.49. The number of fused-ring (bicyclic) bond motifs is 7. The summed E-state index contributed by atoms with van der Waals surface area (Å²) in [4.78, 5) is 0. The fourth-order valence-electron chi connectivity index (χ4n) is 6.73.